The van der Waals surface area contributed by atoms with Crippen molar-refractivity contribution in [3.63, 3.8) is 0 Å². The molecule has 0 spiro atoms. The molecule has 3 N–H and O–H groups in total. The van der Waals surface area contributed by atoms with Gasteiger partial charge in [-0.3, -0.25) is 14.4 Å². The van der Waals surface area contributed by atoms with Crippen LogP contribution in [0.2, 0.25) is 0 Å². The van der Waals surface area contributed by atoms with E-state index in [1.807, 2.05) is 5.38 Å². The van der Waals surface area contributed by atoms with Crippen LogP contribution in [-0.4, -0.2) is 35.5 Å². The first kappa shape index (κ1) is 17.5. The van der Waals surface area contributed by atoms with E-state index < -0.39 is 11.9 Å². The Hall–Kier alpha value is -1.89. The number of rotatable bonds is 6. The van der Waals surface area contributed by atoms with Gasteiger partial charge in [0.1, 0.15) is 0 Å². The molecule has 1 fully saturated rings. The summed E-state index contributed by atoms with van der Waals surface area (Å²) in [6, 6.07) is 1.42. The average molecular weight is 338 g/mol. The van der Waals surface area contributed by atoms with Gasteiger partial charge in [-0.2, -0.15) is 11.3 Å². The van der Waals surface area contributed by atoms with Gasteiger partial charge in [-0.15, -0.1) is 0 Å². The van der Waals surface area contributed by atoms with E-state index in [0.29, 0.717) is 18.4 Å². The summed E-state index contributed by atoms with van der Waals surface area (Å²) >= 11 is 1.44. The van der Waals surface area contributed by atoms with E-state index in [-0.39, 0.29) is 30.8 Å². The molecule has 0 bridgehead atoms. The van der Waals surface area contributed by atoms with E-state index in [9.17, 15) is 19.5 Å². The Morgan fingerprint density at radius 1 is 1.22 bits per heavy atom. The van der Waals surface area contributed by atoms with Crippen molar-refractivity contribution in [2.75, 3.05) is 6.54 Å². The van der Waals surface area contributed by atoms with Crippen LogP contribution in [0.15, 0.2) is 16.8 Å². The van der Waals surface area contributed by atoms with E-state index in [4.69, 9.17) is 0 Å². The number of nitrogens with one attached hydrogen (secondary N) is 2. The molecular formula is C16H22N2O4S. The van der Waals surface area contributed by atoms with Crippen molar-refractivity contribution < 1.29 is 19.5 Å². The molecule has 1 aromatic heterocycles. The van der Waals surface area contributed by atoms with Crippen molar-refractivity contribution in [3.8, 4) is 0 Å². The molecule has 1 aromatic rings. The minimum atomic E-state index is -0.844. The lowest BCUT2D eigenvalue weighted by Gasteiger charge is -2.22. The minimum Gasteiger partial charge on any atom is -0.481 e. The summed E-state index contributed by atoms with van der Waals surface area (Å²) in [6.07, 6.45) is 4.29. The van der Waals surface area contributed by atoms with Crippen LogP contribution in [0.5, 0.6) is 0 Å². The third kappa shape index (κ3) is 5.35. The lowest BCUT2D eigenvalue weighted by Crippen LogP contribution is -2.43. The van der Waals surface area contributed by atoms with Gasteiger partial charge >= 0.3 is 5.97 Å². The summed E-state index contributed by atoms with van der Waals surface area (Å²) < 4.78 is 0. The molecule has 0 unspecified atom stereocenters. The second-order valence-electron chi connectivity index (χ2n) is 5.77. The quantitative estimate of drug-likeness (QED) is 0.692. The number of carbonyl (C=O) groups excluding carboxylic acids is 2. The predicted molar refractivity (Wildman–Crippen MR) is 87.4 cm³/mol. The molecule has 23 heavy (non-hydrogen) atoms. The predicted octanol–water partition coefficient (Wildman–Crippen LogP) is 2.02. The summed E-state index contributed by atoms with van der Waals surface area (Å²) in [6.45, 7) is 0.241. The Labute approximate surface area is 139 Å². The first-order chi connectivity index (χ1) is 11.1. The Morgan fingerprint density at radius 2 is 2.00 bits per heavy atom. The number of amides is 2. The van der Waals surface area contributed by atoms with Gasteiger partial charge in [-0.1, -0.05) is 19.3 Å². The van der Waals surface area contributed by atoms with Gasteiger partial charge in [-0.05, 0) is 24.3 Å². The Balaban J connectivity index is 1.76. The Kier molecular flexibility index (Phi) is 6.58. The first-order valence-electron chi connectivity index (χ1n) is 7.90. The summed E-state index contributed by atoms with van der Waals surface area (Å²) in [5.41, 5.74) is 0.588. The summed E-state index contributed by atoms with van der Waals surface area (Å²) in [5, 5.41) is 18.4. The average Bonchev–Trinajstić information content (AvgIpc) is 2.94. The van der Waals surface area contributed by atoms with Gasteiger partial charge < -0.3 is 15.7 Å². The number of hydrogen-bond donors (Lipinski definition) is 3. The molecule has 0 aliphatic heterocycles. The van der Waals surface area contributed by atoms with Crippen LogP contribution in [0.4, 0.5) is 0 Å². The lowest BCUT2D eigenvalue weighted by atomic mass is 9.95. The monoisotopic (exact) mass is 338 g/mol. The molecular weight excluding hydrogens is 316 g/mol. The van der Waals surface area contributed by atoms with Gasteiger partial charge in [0.15, 0.2) is 0 Å². The van der Waals surface area contributed by atoms with Crippen molar-refractivity contribution >= 4 is 29.1 Å². The molecule has 2 atom stereocenters. The van der Waals surface area contributed by atoms with Crippen LogP contribution >= 0.6 is 11.3 Å². The van der Waals surface area contributed by atoms with Gasteiger partial charge in [0.25, 0.3) is 5.91 Å². The van der Waals surface area contributed by atoms with Crippen LogP contribution in [-0.2, 0) is 9.59 Å². The van der Waals surface area contributed by atoms with Gasteiger partial charge in [0.05, 0.1) is 5.92 Å². The Morgan fingerprint density at radius 3 is 2.70 bits per heavy atom. The molecule has 2 rings (SSSR count). The van der Waals surface area contributed by atoms with Gasteiger partial charge in [-0.25, -0.2) is 0 Å². The van der Waals surface area contributed by atoms with E-state index in [2.05, 4.69) is 10.6 Å². The summed E-state index contributed by atoms with van der Waals surface area (Å²) in [4.78, 5) is 35.1. The smallest absolute Gasteiger partial charge is 0.308 e. The maximum absolute atomic E-state index is 12.0. The normalized spacial score (nSPS) is 21.2. The highest BCUT2D eigenvalue weighted by Gasteiger charge is 2.30. The molecule has 0 aromatic carbocycles. The maximum atomic E-state index is 12.0. The molecule has 1 saturated carbocycles. The second-order valence-corrected chi connectivity index (χ2v) is 6.55. The highest BCUT2D eigenvalue weighted by molar-refractivity contribution is 7.08. The third-order valence-corrected chi connectivity index (χ3v) is 4.78. The number of carboxylic acids is 1. The second kappa shape index (κ2) is 8.67. The number of thiophene rings is 1. The number of hydrogen-bond acceptors (Lipinski definition) is 4. The molecule has 126 valence electrons. The standard InChI is InChI=1S/C16H22N2O4S/c19-14(6-8-17-15(20)11-7-9-23-10-11)18-13-5-3-1-2-4-12(13)16(21)22/h7,9-10,12-13H,1-6,8H2,(H,17,20)(H,18,19)(H,21,22)/t12-,13+/m1/s1. The van der Waals surface area contributed by atoms with Crippen molar-refractivity contribution in [2.45, 2.75) is 44.6 Å². The molecule has 7 heteroatoms. The zero-order valence-corrected chi connectivity index (χ0v) is 13.7. The topological polar surface area (TPSA) is 95.5 Å². The molecule has 0 radical (unpaired) electrons. The first-order valence-corrected chi connectivity index (χ1v) is 8.85. The minimum absolute atomic E-state index is 0.152. The zero-order valence-electron chi connectivity index (χ0n) is 12.9. The highest BCUT2D eigenvalue weighted by atomic mass is 32.1. The number of aliphatic carboxylic acids is 1. The fourth-order valence-corrected chi connectivity index (χ4v) is 3.48. The molecule has 2 amide bonds. The SMILES string of the molecule is O=C(CCNC(=O)c1ccsc1)N[C@H]1CCCCC[C@H]1C(=O)O. The van der Waals surface area contributed by atoms with Crippen LogP contribution < -0.4 is 10.6 Å². The van der Waals surface area contributed by atoms with Crippen LogP contribution in [0, 0.1) is 5.92 Å². The lowest BCUT2D eigenvalue weighted by molar-refractivity contribution is -0.143. The van der Waals surface area contributed by atoms with Crippen molar-refractivity contribution in [3.05, 3.63) is 22.4 Å². The highest BCUT2D eigenvalue weighted by Crippen LogP contribution is 2.23. The van der Waals surface area contributed by atoms with Crippen LogP contribution in [0.25, 0.3) is 0 Å². The summed E-state index contributed by atoms with van der Waals surface area (Å²) in [7, 11) is 0. The molecule has 6 nitrogen and oxygen atoms in total. The van der Waals surface area contributed by atoms with E-state index >= 15 is 0 Å². The zero-order chi connectivity index (χ0) is 16.7. The summed E-state index contributed by atoms with van der Waals surface area (Å²) in [5.74, 6) is -1.77. The molecule has 1 aliphatic carbocycles. The molecule has 1 aliphatic rings. The molecule has 1 heterocycles. The van der Waals surface area contributed by atoms with Crippen molar-refractivity contribution in [1.82, 2.24) is 10.6 Å². The number of carboxylic acid groups (broad SMARTS) is 1. The van der Waals surface area contributed by atoms with Gasteiger partial charge in [0.2, 0.25) is 5.91 Å². The third-order valence-electron chi connectivity index (χ3n) is 4.10. The van der Waals surface area contributed by atoms with Gasteiger partial charge in [0, 0.05) is 30.0 Å². The van der Waals surface area contributed by atoms with E-state index in [1.54, 1.807) is 11.4 Å². The maximum Gasteiger partial charge on any atom is 0.308 e. The fourth-order valence-electron chi connectivity index (χ4n) is 2.84. The van der Waals surface area contributed by atoms with Crippen molar-refractivity contribution in [1.29, 1.82) is 0 Å². The molecule has 0 saturated heterocycles. The Bertz CT molecular complexity index is 544. The van der Waals surface area contributed by atoms with Crippen molar-refractivity contribution in [2.24, 2.45) is 5.92 Å². The fraction of sp³-hybridized carbons (Fsp3) is 0.562. The number of carbonyl (C=O) groups is 3. The van der Waals surface area contributed by atoms with E-state index in [0.717, 1.165) is 19.3 Å². The van der Waals surface area contributed by atoms with E-state index in [1.165, 1.54) is 11.3 Å². The largest absolute Gasteiger partial charge is 0.481 e. The van der Waals surface area contributed by atoms with Crippen LogP contribution in [0.3, 0.4) is 0 Å². The van der Waals surface area contributed by atoms with Crippen LogP contribution in [0.1, 0.15) is 48.9 Å².